The number of carbonyl (C=O) groups excluding carboxylic acids is 1. The monoisotopic (exact) mass is 196 g/mol. The summed E-state index contributed by atoms with van der Waals surface area (Å²) in [6, 6.07) is 0.381. The molecule has 0 bridgehead atoms. The van der Waals surface area contributed by atoms with Crippen molar-refractivity contribution in [1.29, 1.82) is 0 Å². The van der Waals surface area contributed by atoms with Crippen LogP contribution < -0.4 is 10.6 Å². The molecule has 2 N–H and O–H groups in total. The van der Waals surface area contributed by atoms with Gasteiger partial charge in [-0.1, -0.05) is 6.92 Å². The predicted octanol–water partition coefficient (Wildman–Crippen LogP) is 1.19. The minimum atomic E-state index is 0.218. The number of carbonyl (C=O) groups is 1. The molecule has 1 heterocycles. The summed E-state index contributed by atoms with van der Waals surface area (Å²) < 4.78 is 0. The van der Waals surface area contributed by atoms with E-state index in [9.17, 15) is 4.79 Å². The normalized spacial score (nSPS) is 29.8. The first-order chi connectivity index (χ1) is 6.74. The molecule has 1 aliphatic carbocycles. The largest absolute Gasteiger partial charge is 0.352 e. The van der Waals surface area contributed by atoms with Crippen LogP contribution in [-0.4, -0.2) is 24.0 Å². The van der Waals surface area contributed by atoms with E-state index in [2.05, 4.69) is 17.6 Å². The van der Waals surface area contributed by atoms with Gasteiger partial charge in [0.2, 0.25) is 5.91 Å². The van der Waals surface area contributed by atoms with Gasteiger partial charge in [0, 0.05) is 24.5 Å². The van der Waals surface area contributed by atoms with Crippen LogP contribution in [0.2, 0.25) is 0 Å². The average molecular weight is 196 g/mol. The van der Waals surface area contributed by atoms with Crippen molar-refractivity contribution in [3.05, 3.63) is 0 Å². The molecular formula is C11H20N2O. The molecule has 2 rings (SSSR count). The van der Waals surface area contributed by atoms with E-state index >= 15 is 0 Å². The van der Waals surface area contributed by atoms with E-state index in [4.69, 9.17) is 0 Å². The van der Waals surface area contributed by atoms with Gasteiger partial charge in [0.15, 0.2) is 0 Å². The molecule has 14 heavy (non-hydrogen) atoms. The van der Waals surface area contributed by atoms with Crippen LogP contribution in [0.1, 0.15) is 45.4 Å². The second-order valence-electron chi connectivity index (χ2n) is 4.67. The van der Waals surface area contributed by atoms with E-state index in [-0.39, 0.29) is 5.91 Å². The van der Waals surface area contributed by atoms with Crippen LogP contribution in [0.5, 0.6) is 0 Å². The fourth-order valence-corrected chi connectivity index (χ4v) is 2.43. The number of hydrogen-bond donors (Lipinski definition) is 2. The van der Waals surface area contributed by atoms with Crippen LogP contribution in [-0.2, 0) is 4.79 Å². The highest BCUT2D eigenvalue weighted by atomic mass is 16.1. The van der Waals surface area contributed by atoms with Crippen LogP contribution in [0.15, 0.2) is 0 Å². The zero-order valence-corrected chi connectivity index (χ0v) is 8.94. The van der Waals surface area contributed by atoms with E-state index in [1.165, 1.54) is 25.7 Å². The minimum Gasteiger partial charge on any atom is -0.352 e. The van der Waals surface area contributed by atoms with Crippen molar-refractivity contribution in [1.82, 2.24) is 10.6 Å². The molecule has 80 valence electrons. The van der Waals surface area contributed by atoms with Crippen molar-refractivity contribution in [2.45, 2.75) is 57.0 Å². The summed E-state index contributed by atoms with van der Waals surface area (Å²) in [6.45, 7) is 3.21. The SMILES string of the molecule is CCC1(NCC2CCC(=O)N2)CCC1. The first kappa shape index (κ1) is 9.97. The summed E-state index contributed by atoms with van der Waals surface area (Å²) in [5.41, 5.74) is 0.410. The van der Waals surface area contributed by atoms with Crippen LogP contribution >= 0.6 is 0 Å². The van der Waals surface area contributed by atoms with Crippen LogP contribution in [0.3, 0.4) is 0 Å². The third kappa shape index (κ3) is 1.92. The minimum absolute atomic E-state index is 0.218. The van der Waals surface area contributed by atoms with E-state index in [0.717, 1.165) is 13.0 Å². The lowest BCUT2D eigenvalue weighted by Crippen LogP contribution is -2.53. The van der Waals surface area contributed by atoms with Gasteiger partial charge in [0.05, 0.1) is 0 Å². The fraction of sp³-hybridized carbons (Fsp3) is 0.909. The Morgan fingerprint density at radius 3 is 2.79 bits per heavy atom. The van der Waals surface area contributed by atoms with Crippen LogP contribution in [0, 0.1) is 0 Å². The van der Waals surface area contributed by atoms with Gasteiger partial charge in [-0.2, -0.15) is 0 Å². The third-order valence-corrected chi connectivity index (χ3v) is 3.80. The lowest BCUT2D eigenvalue weighted by molar-refractivity contribution is -0.119. The number of hydrogen-bond acceptors (Lipinski definition) is 2. The summed E-state index contributed by atoms with van der Waals surface area (Å²) in [6.07, 6.45) is 6.91. The zero-order valence-electron chi connectivity index (χ0n) is 8.94. The topological polar surface area (TPSA) is 41.1 Å². The standard InChI is InChI=1S/C11H20N2O/c1-2-11(6-3-7-11)12-8-9-4-5-10(14)13-9/h9,12H,2-8H2,1H3,(H,13,14). The summed E-state index contributed by atoms with van der Waals surface area (Å²) >= 11 is 0. The summed E-state index contributed by atoms with van der Waals surface area (Å²) in [7, 11) is 0. The molecule has 1 aliphatic heterocycles. The average Bonchev–Trinajstić information content (AvgIpc) is 2.50. The van der Waals surface area contributed by atoms with Crippen molar-refractivity contribution in [3.63, 3.8) is 0 Å². The Morgan fingerprint density at radius 1 is 1.57 bits per heavy atom. The van der Waals surface area contributed by atoms with Gasteiger partial charge in [-0.05, 0) is 32.1 Å². The highest BCUT2D eigenvalue weighted by Crippen LogP contribution is 2.34. The highest BCUT2D eigenvalue weighted by Gasteiger charge is 2.35. The maximum Gasteiger partial charge on any atom is 0.220 e. The molecule has 3 nitrogen and oxygen atoms in total. The van der Waals surface area contributed by atoms with Gasteiger partial charge in [-0.3, -0.25) is 4.79 Å². The van der Waals surface area contributed by atoms with E-state index in [1.54, 1.807) is 0 Å². The van der Waals surface area contributed by atoms with Crippen LogP contribution in [0.25, 0.3) is 0 Å². The molecular weight excluding hydrogens is 176 g/mol. The first-order valence-electron chi connectivity index (χ1n) is 5.78. The summed E-state index contributed by atoms with van der Waals surface area (Å²) in [4.78, 5) is 11.0. The first-order valence-corrected chi connectivity index (χ1v) is 5.78. The Hall–Kier alpha value is -0.570. The van der Waals surface area contributed by atoms with E-state index < -0.39 is 0 Å². The quantitative estimate of drug-likeness (QED) is 0.709. The van der Waals surface area contributed by atoms with Crippen molar-refractivity contribution in [2.75, 3.05) is 6.54 Å². The molecule has 0 aromatic rings. The molecule has 1 atom stereocenters. The molecule has 0 radical (unpaired) electrons. The van der Waals surface area contributed by atoms with Gasteiger partial charge in [-0.15, -0.1) is 0 Å². The second-order valence-corrected chi connectivity index (χ2v) is 4.67. The molecule has 2 aliphatic rings. The molecule has 2 fully saturated rings. The van der Waals surface area contributed by atoms with Gasteiger partial charge in [0.25, 0.3) is 0 Å². The lowest BCUT2D eigenvalue weighted by Gasteiger charge is -2.43. The van der Waals surface area contributed by atoms with E-state index in [1.807, 2.05) is 0 Å². The molecule has 1 saturated carbocycles. The number of rotatable bonds is 4. The maximum absolute atomic E-state index is 11.0. The number of amides is 1. The van der Waals surface area contributed by atoms with Gasteiger partial charge < -0.3 is 10.6 Å². The van der Waals surface area contributed by atoms with Crippen molar-refractivity contribution in [2.24, 2.45) is 0 Å². The molecule has 3 heteroatoms. The van der Waals surface area contributed by atoms with Crippen molar-refractivity contribution in [3.8, 4) is 0 Å². The van der Waals surface area contributed by atoms with Gasteiger partial charge in [-0.25, -0.2) is 0 Å². The molecule has 0 aromatic heterocycles. The van der Waals surface area contributed by atoms with Gasteiger partial charge in [0.1, 0.15) is 0 Å². The van der Waals surface area contributed by atoms with Crippen molar-refractivity contribution >= 4 is 5.91 Å². The fourth-order valence-electron chi connectivity index (χ4n) is 2.43. The lowest BCUT2D eigenvalue weighted by atomic mass is 9.75. The summed E-state index contributed by atoms with van der Waals surface area (Å²) in [5, 5.41) is 6.63. The summed E-state index contributed by atoms with van der Waals surface area (Å²) in [5.74, 6) is 0.218. The molecule has 0 aromatic carbocycles. The maximum atomic E-state index is 11.0. The van der Waals surface area contributed by atoms with Gasteiger partial charge >= 0.3 is 0 Å². The Kier molecular flexibility index (Phi) is 2.77. The smallest absolute Gasteiger partial charge is 0.220 e. The molecule has 1 unspecified atom stereocenters. The number of nitrogens with one attached hydrogen (secondary N) is 2. The van der Waals surface area contributed by atoms with Crippen molar-refractivity contribution < 1.29 is 4.79 Å². The van der Waals surface area contributed by atoms with E-state index in [0.29, 0.717) is 18.0 Å². The Labute approximate surface area is 85.6 Å². The molecule has 1 saturated heterocycles. The highest BCUT2D eigenvalue weighted by molar-refractivity contribution is 5.78. The third-order valence-electron chi connectivity index (χ3n) is 3.80. The molecule has 1 amide bonds. The Bertz CT molecular complexity index is 218. The Balaban J connectivity index is 1.73. The second kappa shape index (κ2) is 3.89. The Morgan fingerprint density at radius 2 is 2.36 bits per heavy atom. The molecule has 0 spiro atoms. The van der Waals surface area contributed by atoms with Crippen LogP contribution in [0.4, 0.5) is 0 Å². The predicted molar refractivity (Wildman–Crippen MR) is 56.0 cm³/mol. The zero-order chi connectivity index (χ0) is 10.0.